The Bertz CT molecular complexity index is 545. The molecule has 1 aromatic carbocycles. The third kappa shape index (κ3) is 4.29. The number of sulfonamides is 1. The number of hydrogen-bond donors (Lipinski definition) is 2. The Hall–Kier alpha value is -0.920. The third-order valence-electron chi connectivity index (χ3n) is 2.78. The highest BCUT2D eigenvalue weighted by atomic mass is 32.2. The quantitative estimate of drug-likeness (QED) is 0.753. The Morgan fingerprint density at radius 2 is 2.05 bits per heavy atom. The average molecular weight is 317 g/mol. The van der Waals surface area contributed by atoms with E-state index in [1.54, 1.807) is 12.1 Å². The van der Waals surface area contributed by atoms with E-state index in [1.165, 1.54) is 24.5 Å². The Morgan fingerprint density at radius 3 is 2.55 bits per heavy atom. The summed E-state index contributed by atoms with van der Waals surface area (Å²) in [5.74, 6) is 2.05. The normalized spacial score (nSPS) is 13.4. The topological polar surface area (TPSA) is 75.4 Å². The monoisotopic (exact) mass is 317 g/mol. The summed E-state index contributed by atoms with van der Waals surface area (Å²) >= 11 is 1.85. The molecule has 1 atom stereocenters. The maximum atomic E-state index is 12.0. The molecule has 5 nitrogen and oxygen atoms in total. The van der Waals surface area contributed by atoms with Gasteiger partial charge in [0.1, 0.15) is 0 Å². The van der Waals surface area contributed by atoms with Crippen molar-refractivity contribution >= 4 is 33.2 Å². The Morgan fingerprint density at radius 1 is 1.40 bits per heavy atom. The minimum absolute atomic E-state index is 0.209. The Balaban J connectivity index is 2.89. The second kappa shape index (κ2) is 7.19. The summed E-state index contributed by atoms with van der Waals surface area (Å²) < 4.78 is 25.2. The van der Waals surface area contributed by atoms with Gasteiger partial charge in [0.05, 0.1) is 16.3 Å². The molecule has 0 aliphatic carbocycles. The minimum Gasteiger partial charge on any atom is -0.397 e. The van der Waals surface area contributed by atoms with Crippen molar-refractivity contribution in [2.45, 2.75) is 24.8 Å². The third-order valence-corrected chi connectivity index (χ3v) is 5.73. The van der Waals surface area contributed by atoms with Crippen molar-refractivity contribution in [3.8, 4) is 0 Å². The molecular formula is C13H23N3O2S2. The van der Waals surface area contributed by atoms with Crippen LogP contribution in [0.1, 0.15) is 13.8 Å². The zero-order valence-electron chi connectivity index (χ0n) is 12.4. The zero-order chi connectivity index (χ0) is 15.3. The van der Waals surface area contributed by atoms with Crippen molar-refractivity contribution in [3.05, 3.63) is 18.2 Å². The Kier molecular flexibility index (Phi) is 6.16. The van der Waals surface area contributed by atoms with Gasteiger partial charge in [-0.15, -0.1) is 0 Å². The molecule has 0 saturated heterocycles. The highest BCUT2D eigenvalue weighted by Gasteiger charge is 2.18. The fraction of sp³-hybridized carbons (Fsp3) is 0.538. The molecule has 7 heteroatoms. The van der Waals surface area contributed by atoms with Gasteiger partial charge in [-0.1, -0.05) is 6.92 Å². The molecule has 0 heterocycles. The number of nitrogens with two attached hydrogens (primary N) is 1. The van der Waals surface area contributed by atoms with E-state index >= 15 is 0 Å². The summed E-state index contributed by atoms with van der Waals surface area (Å²) in [4.78, 5) is 0.209. The average Bonchev–Trinajstić information content (AvgIpc) is 2.38. The van der Waals surface area contributed by atoms with Crippen molar-refractivity contribution in [2.75, 3.05) is 36.7 Å². The summed E-state index contributed by atoms with van der Waals surface area (Å²) in [5.41, 5.74) is 7.16. The zero-order valence-corrected chi connectivity index (χ0v) is 14.0. The van der Waals surface area contributed by atoms with Crippen LogP contribution in [-0.4, -0.2) is 44.4 Å². The fourth-order valence-electron chi connectivity index (χ4n) is 1.65. The van der Waals surface area contributed by atoms with E-state index in [1.807, 2.05) is 11.8 Å². The minimum atomic E-state index is -3.44. The van der Waals surface area contributed by atoms with Crippen LogP contribution >= 0.6 is 11.8 Å². The Labute approximate surface area is 126 Å². The molecule has 0 amide bonds. The van der Waals surface area contributed by atoms with Crippen LogP contribution in [0.25, 0.3) is 0 Å². The molecule has 20 heavy (non-hydrogen) atoms. The lowest BCUT2D eigenvalue weighted by atomic mass is 10.2. The van der Waals surface area contributed by atoms with E-state index in [-0.39, 0.29) is 10.9 Å². The lowest BCUT2D eigenvalue weighted by Crippen LogP contribution is -2.23. The molecule has 0 bridgehead atoms. The van der Waals surface area contributed by atoms with E-state index < -0.39 is 10.0 Å². The van der Waals surface area contributed by atoms with Gasteiger partial charge in [0.25, 0.3) is 0 Å². The first kappa shape index (κ1) is 17.1. The second-order valence-electron chi connectivity index (χ2n) is 4.74. The van der Waals surface area contributed by atoms with Crippen molar-refractivity contribution < 1.29 is 8.42 Å². The number of benzene rings is 1. The second-order valence-corrected chi connectivity index (χ2v) is 8.21. The molecule has 1 unspecified atom stereocenters. The van der Waals surface area contributed by atoms with Crippen LogP contribution in [-0.2, 0) is 10.0 Å². The van der Waals surface area contributed by atoms with Gasteiger partial charge in [0.2, 0.25) is 10.0 Å². The highest BCUT2D eigenvalue weighted by molar-refractivity contribution is 7.99. The van der Waals surface area contributed by atoms with Gasteiger partial charge in [-0.25, -0.2) is 12.7 Å². The summed E-state index contributed by atoms with van der Waals surface area (Å²) in [6.07, 6.45) is 0. The lowest BCUT2D eigenvalue weighted by Gasteiger charge is -2.18. The SMILES string of the molecule is CCSCC(C)Nc1ccc(S(=O)(=O)N(C)C)cc1N. The first-order chi connectivity index (χ1) is 9.28. The van der Waals surface area contributed by atoms with Crippen molar-refractivity contribution in [3.63, 3.8) is 0 Å². The van der Waals surface area contributed by atoms with Gasteiger partial charge in [-0.3, -0.25) is 0 Å². The van der Waals surface area contributed by atoms with Gasteiger partial charge in [-0.05, 0) is 30.9 Å². The smallest absolute Gasteiger partial charge is 0.242 e. The molecule has 0 spiro atoms. The van der Waals surface area contributed by atoms with Crippen LogP contribution < -0.4 is 11.1 Å². The van der Waals surface area contributed by atoms with E-state index in [2.05, 4.69) is 19.2 Å². The molecule has 1 rings (SSSR count). The standard InChI is InChI=1S/C13H23N3O2S2/c1-5-19-9-10(2)15-13-7-6-11(8-12(13)14)20(17,18)16(3)4/h6-8,10,15H,5,9,14H2,1-4H3. The number of thioether (sulfide) groups is 1. The van der Waals surface area contributed by atoms with Crippen molar-refractivity contribution in [1.29, 1.82) is 0 Å². The van der Waals surface area contributed by atoms with E-state index in [0.29, 0.717) is 5.69 Å². The number of nitrogens with one attached hydrogen (secondary N) is 1. The summed E-state index contributed by atoms with van der Waals surface area (Å²) in [6, 6.07) is 5.07. The molecule has 0 fully saturated rings. The first-order valence-corrected chi connectivity index (χ1v) is 9.04. The lowest BCUT2D eigenvalue weighted by molar-refractivity contribution is 0.521. The van der Waals surface area contributed by atoms with Crippen LogP contribution in [0.15, 0.2) is 23.1 Å². The van der Waals surface area contributed by atoms with Gasteiger partial charge >= 0.3 is 0 Å². The highest BCUT2D eigenvalue weighted by Crippen LogP contribution is 2.25. The van der Waals surface area contributed by atoms with Crippen LogP contribution in [0.3, 0.4) is 0 Å². The van der Waals surface area contributed by atoms with Crippen LogP contribution in [0.5, 0.6) is 0 Å². The summed E-state index contributed by atoms with van der Waals surface area (Å²) in [5, 5.41) is 3.30. The van der Waals surface area contributed by atoms with Crippen LogP contribution in [0.2, 0.25) is 0 Å². The number of nitrogens with zero attached hydrogens (tertiary/aromatic N) is 1. The number of rotatable bonds is 7. The molecule has 114 valence electrons. The number of nitrogen functional groups attached to an aromatic ring is 1. The van der Waals surface area contributed by atoms with Crippen LogP contribution in [0.4, 0.5) is 11.4 Å². The molecule has 0 saturated carbocycles. The summed E-state index contributed by atoms with van der Waals surface area (Å²) in [7, 11) is -0.434. The maximum Gasteiger partial charge on any atom is 0.242 e. The predicted molar refractivity (Wildman–Crippen MR) is 87.8 cm³/mol. The van der Waals surface area contributed by atoms with E-state index in [4.69, 9.17) is 5.73 Å². The van der Waals surface area contributed by atoms with Gasteiger partial charge < -0.3 is 11.1 Å². The van der Waals surface area contributed by atoms with Gasteiger partial charge in [0, 0.05) is 25.9 Å². The molecule has 3 N–H and O–H groups in total. The number of hydrogen-bond acceptors (Lipinski definition) is 5. The maximum absolute atomic E-state index is 12.0. The first-order valence-electron chi connectivity index (χ1n) is 6.45. The molecule has 0 aliphatic heterocycles. The molecular weight excluding hydrogens is 294 g/mol. The molecule has 0 radical (unpaired) electrons. The fourth-order valence-corrected chi connectivity index (χ4v) is 3.26. The molecule has 1 aromatic rings. The molecule has 0 aliphatic rings. The predicted octanol–water partition coefficient (Wildman–Crippen LogP) is 2.07. The molecule has 0 aromatic heterocycles. The largest absolute Gasteiger partial charge is 0.397 e. The number of anilines is 2. The van der Waals surface area contributed by atoms with E-state index in [0.717, 1.165) is 17.2 Å². The summed E-state index contributed by atoms with van der Waals surface area (Å²) in [6.45, 7) is 4.19. The van der Waals surface area contributed by atoms with Crippen LogP contribution in [0, 0.1) is 0 Å². The van der Waals surface area contributed by atoms with Gasteiger partial charge in [-0.2, -0.15) is 11.8 Å². The van der Waals surface area contributed by atoms with Crippen molar-refractivity contribution in [1.82, 2.24) is 4.31 Å². The van der Waals surface area contributed by atoms with Crippen molar-refractivity contribution in [2.24, 2.45) is 0 Å². The van der Waals surface area contributed by atoms with Gasteiger partial charge in [0.15, 0.2) is 0 Å². The van der Waals surface area contributed by atoms with E-state index in [9.17, 15) is 8.42 Å².